The number of nitrogens with one attached hydrogen (secondary N) is 1. The maximum Gasteiger partial charge on any atom is 0.410 e. The van der Waals surface area contributed by atoms with Crippen molar-refractivity contribution < 1.29 is 9.53 Å². The van der Waals surface area contributed by atoms with Crippen molar-refractivity contribution in [2.45, 2.75) is 39.2 Å². The molecule has 6 nitrogen and oxygen atoms in total. The second-order valence-corrected chi connectivity index (χ2v) is 7.99. The van der Waals surface area contributed by atoms with Gasteiger partial charge < -0.3 is 15.0 Å². The molecule has 0 saturated carbocycles. The number of anilines is 1. The Labute approximate surface area is 161 Å². The molecule has 0 bridgehead atoms. The molecule has 3 rings (SSSR count). The van der Waals surface area contributed by atoms with Gasteiger partial charge in [0, 0.05) is 50.0 Å². The number of amides is 1. The van der Waals surface area contributed by atoms with Gasteiger partial charge in [-0.05, 0) is 63.3 Å². The summed E-state index contributed by atoms with van der Waals surface area (Å²) in [5.41, 5.74) is 2.75. The van der Waals surface area contributed by atoms with Crippen LogP contribution in [0, 0.1) is 5.92 Å². The highest BCUT2D eigenvalue weighted by atomic mass is 16.6. The zero-order valence-corrected chi connectivity index (χ0v) is 16.3. The molecule has 1 N–H and O–H groups in total. The van der Waals surface area contributed by atoms with E-state index in [0.29, 0.717) is 5.92 Å². The van der Waals surface area contributed by atoms with Crippen molar-refractivity contribution in [3.05, 3.63) is 43.0 Å². The summed E-state index contributed by atoms with van der Waals surface area (Å²) in [7, 11) is 0. The van der Waals surface area contributed by atoms with Crippen LogP contribution in [0.4, 0.5) is 10.5 Å². The Morgan fingerprint density at radius 3 is 2.52 bits per heavy atom. The monoisotopic (exact) mass is 368 g/mol. The molecule has 6 heteroatoms. The zero-order chi connectivity index (χ0) is 19.3. The molecule has 0 radical (unpaired) electrons. The van der Waals surface area contributed by atoms with E-state index in [1.165, 1.54) is 0 Å². The van der Waals surface area contributed by atoms with Crippen molar-refractivity contribution in [3.63, 3.8) is 0 Å². The highest BCUT2D eigenvalue weighted by Gasteiger charge is 2.26. The highest BCUT2D eigenvalue weighted by Crippen LogP contribution is 2.23. The molecular formula is C21H28N4O2. The number of ether oxygens (including phenoxy) is 1. The molecule has 0 aliphatic carbocycles. The normalized spacial score (nSPS) is 15.4. The predicted octanol–water partition coefficient (Wildman–Crippen LogP) is 4.20. The van der Waals surface area contributed by atoms with Crippen LogP contribution in [0.25, 0.3) is 11.1 Å². The molecule has 2 aromatic rings. The highest BCUT2D eigenvalue weighted by molar-refractivity contribution is 5.68. The molecule has 144 valence electrons. The van der Waals surface area contributed by atoms with Crippen LogP contribution < -0.4 is 5.32 Å². The molecule has 0 atom stereocenters. The van der Waals surface area contributed by atoms with Crippen molar-refractivity contribution in [3.8, 4) is 11.1 Å². The zero-order valence-electron chi connectivity index (χ0n) is 16.3. The summed E-state index contributed by atoms with van der Waals surface area (Å²) in [4.78, 5) is 22.4. The van der Waals surface area contributed by atoms with Crippen LogP contribution in [0.2, 0.25) is 0 Å². The molecule has 1 aliphatic heterocycles. The lowest BCUT2D eigenvalue weighted by molar-refractivity contribution is 0.0188. The molecule has 0 unspecified atom stereocenters. The molecule has 3 heterocycles. The Bertz CT molecular complexity index is 750. The number of carbonyl (C=O) groups excluding carboxylic acids is 1. The van der Waals surface area contributed by atoms with Gasteiger partial charge in [-0.25, -0.2) is 4.79 Å². The molecule has 1 amide bonds. The van der Waals surface area contributed by atoms with Crippen molar-refractivity contribution in [1.29, 1.82) is 0 Å². The largest absolute Gasteiger partial charge is 0.444 e. The summed E-state index contributed by atoms with van der Waals surface area (Å²) in [6, 6.07) is 6.07. The number of aromatic nitrogens is 2. The van der Waals surface area contributed by atoms with Gasteiger partial charge in [0.15, 0.2) is 0 Å². The van der Waals surface area contributed by atoms with Crippen LogP contribution in [0.15, 0.2) is 43.0 Å². The standard InChI is InChI=1S/C21H28N4O2/c1-21(2,3)27-20(26)25-10-6-16(7-11-25)13-24-19-12-18(14-23-15-19)17-4-8-22-9-5-17/h4-5,8-9,12,14-16,24H,6-7,10-11,13H2,1-3H3. The van der Waals surface area contributed by atoms with E-state index >= 15 is 0 Å². The summed E-state index contributed by atoms with van der Waals surface area (Å²) in [6.45, 7) is 8.07. The lowest BCUT2D eigenvalue weighted by Crippen LogP contribution is -2.42. The third-order valence-electron chi connectivity index (χ3n) is 4.61. The third kappa shape index (κ3) is 5.67. The van der Waals surface area contributed by atoms with Crippen molar-refractivity contribution in [2.24, 2.45) is 5.92 Å². The fraction of sp³-hybridized carbons (Fsp3) is 0.476. The van der Waals surface area contributed by atoms with Gasteiger partial charge in [-0.1, -0.05) is 0 Å². The molecular weight excluding hydrogens is 340 g/mol. The molecule has 1 fully saturated rings. The topological polar surface area (TPSA) is 67.3 Å². The van der Waals surface area contributed by atoms with E-state index in [1.54, 1.807) is 12.4 Å². The van der Waals surface area contributed by atoms with Gasteiger partial charge in [0.05, 0.1) is 5.69 Å². The van der Waals surface area contributed by atoms with E-state index in [1.807, 2.05) is 50.2 Å². The van der Waals surface area contributed by atoms with Gasteiger partial charge in [0.1, 0.15) is 5.60 Å². The predicted molar refractivity (Wildman–Crippen MR) is 106 cm³/mol. The van der Waals surface area contributed by atoms with Gasteiger partial charge >= 0.3 is 6.09 Å². The van der Waals surface area contributed by atoms with Gasteiger partial charge in [-0.2, -0.15) is 0 Å². The Balaban J connectivity index is 1.49. The number of likely N-dealkylation sites (tertiary alicyclic amines) is 1. The van der Waals surface area contributed by atoms with Crippen molar-refractivity contribution in [2.75, 3.05) is 25.0 Å². The van der Waals surface area contributed by atoms with Crippen LogP contribution in [0.5, 0.6) is 0 Å². The first-order valence-electron chi connectivity index (χ1n) is 9.48. The molecule has 1 aliphatic rings. The molecule has 0 aromatic carbocycles. The minimum absolute atomic E-state index is 0.205. The third-order valence-corrected chi connectivity index (χ3v) is 4.61. The summed E-state index contributed by atoms with van der Waals surface area (Å²) in [6.07, 6.45) is 9.03. The summed E-state index contributed by atoms with van der Waals surface area (Å²) in [5, 5.41) is 3.49. The number of piperidine rings is 1. The van der Waals surface area contributed by atoms with Crippen LogP contribution in [0.3, 0.4) is 0 Å². The second-order valence-electron chi connectivity index (χ2n) is 7.99. The average molecular weight is 368 g/mol. The van der Waals surface area contributed by atoms with E-state index in [-0.39, 0.29) is 6.09 Å². The van der Waals surface area contributed by atoms with Gasteiger partial charge in [0.2, 0.25) is 0 Å². The minimum Gasteiger partial charge on any atom is -0.444 e. The SMILES string of the molecule is CC(C)(C)OC(=O)N1CCC(CNc2cncc(-c3ccncc3)c2)CC1. The molecule has 27 heavy (non-hydrogen) atoms. The quantitative estimate of drug-likeness (QED) is 0.876. The number of nitrogens with zero attached hydrogens (tertiary/aromatic N) is 3. The van der Waals surface area contributed by atoms with Crippen LogP contribution in [-0.2, 0) is 4.74 Å². The van der Waals surface area contributed by atoms with E-state index in [9.17, 15) is 4.79 Å². The fourth-order valence-corrected chi connectivity index (χ4v) is 3.15. The fourth-order valence-electron chi connectivity index (χ4n) is 3.15. The Morgan fingerprint density at radius 1 is 1.15 bits per heavy atom. The maximum atomic E-state index is 12.1. The number of rotatable bonds is 4. The molecule has 2 aromatic heterocycles. The van der Waals surface area contributed by atoms with E-state index in [4.69, 9.17) is 4.74 Å². The van der Waals surface area contributed by atoms with Gasteiger partial charge in [-0.15, -0.1) is 0 Å². The van der Waals surface area contributed by atoms with Gasteiger partial charge in [0.25, 0.3) is 0 Å². The Hall–Kier alpha value is -2.63. The van der Waals surface area contributed by atoms with Crippen LogP contribution in [0.1, 0.15) is 33.6 Å². The average Bonchev–Trinajstić information content (AvgIpc) is 2.66. The lowest BCUT2D eigenvalue weighted by atomic mass is 9.97. The van der Waals surface area contributed by atoms with Crippen molar-refractivity contribution >= 4 is 11.8 Å². The van der Waals surface area contributed by atoms with Crippen molar-refractivity contribution in [1.82, 2.24) is 14.9 Å². The first kappa shape index (κ1) is 19.1. The number of pyridine rings is 2. The number of hydrogen-bond donors (Lipinski definition) is 1. The number of carbonyl (C=O) groups is 1. The van der Waals surface area contributed by atoms with E-state index in [0.717, 1.165) is 49.3 Å². The molecule has 1 saturated heterocycles. The summed E-state index contributed by atoms with van der Waals surface area (Å²) in [5.74, 6) is 0.535. The van der Waals surface area contributed by atoms with Crippen LogP contribution >= 0.6 is 0 Å². The van der Waals surface area contributed by atoms with Gasteiger partial charge in [-0.3, -0.25) is 9.97 Å². The van der Waals surface area contributed by atoms with Crippen LogP contribution in [-0.4, -0.2) is 46.2 Å². The summed E-state index contributed by atoms with van der Waals surface area (Å²) < 4.78 is 5.46. The minimum atomic E-state index is -0.442. The lowest BCUT2D eigenvalue weighted by Gasteiger charge is -2.33. The first-order chi connectivity index (χ1) is 12.9. The second kappa shape index (κ2) is 8.37. The first-order valence-corrected chi connectivity index (χ1v) is 9.48. The van der Waals surface area contributed by atoms with E-state index in [2.05, 4.69) is 21.4 Å². The van der Waals surface area contributed by atoms with E-state index < -0.39 is 5.60 Å². The smallest absolute Gasteiger partial charge is 0.410 e. The Morgan fingerprint density at radius 2 is 1.85 bits per heavy atom. The summed E-state index contributed by atoms with van der Waals surface area (Å²) >= 11 is 0. The Kier molecular flexibility index (Phi) is 5.94. The maximum absolute atomic E-state index is 12.1. The number of hydrogen-bond acceptors (Lipinski definition) is 5. The molecule has 0 spiro atoms.